The highest BCUT2D eigenvalue weighted by molar-refractivity contribution is 6.04. The minimum absolute atomic E-state index is 0.0134. The largest absolute Gasteiger partial charge is 0.349 e. The van der Waals surface area contributed by atoms with Crippen LogP contribution in [0.1, 0.15) is 30.1 Å². The molecule has 1 aromatic rings. The van der Waals surface area contributed by atoms with Gasteiger partial charge in [-0.05, 0) is 38.4 Å². The first-order valence-corrected chi connectivity index (χ1v) is 7.64. The molecule has 0 aliphatic carbocycles. The number of para-hydroxylation sites is 1. The quantitative estimate of drug-likeness (QED) is 0.728. The number of benzene rings is 1. The Balaban J connectivity index is 2.07. The maximum atomic E-state index is 12.4. The lowest BCUT2D eigenvalue weighted by Crippen LogP contribution is -2.40. The van der Waals surface area contributed by atoms with E-state index in [9.17, 15) is 9.59 Å². The van der Waals surface area contributed by atoms with Crippen molar-refractivity contribution in [3.63, 3.8) is 0 Å². The van der Waals surface area contributed by atoms with Gasteiger partial charge in [-0.15, -0.1) is 6.58 Å². The second-order valence-corrected chi connectivity index (χ2v) is 5.61. The summed E-state index contributed by atoms with van der Waals surface area (Å²) in [5, 5.41) is 8.97. The lowest BCUT2D eigenvalue weighted by Gasteiger charge is -2.27. The van der Waals surface area contributed by atoms with Crippen LogP contribution in [-0.2, 0) is 4.79 Å². The minimum Gasteiger partial charge on any atom is -0.349 e. The SMILES string of the molecule is C=CCNC(=O)c1ccccc1NC(=O)[C@H]1CCN[C@@H](C)C1. The van der Waals surface area contributed by atoms with Gasteiger partial charge in [0.2, 0.25) is 5.91 Å². The average Bonchev–Trinajstić information content (AvgIpc) is 2.53. The van der Waals surface area contributed by atoms with Crippen LogP contribution in [0.15, 0.2) is 36.9 Å². The number of nitrogens with one attached hydrogen (secondary N) is 3. The van der Waals surface area contributed by atoms with Crippen LogP contribution >= 0.6 is 0 Å². The molecule has 3 N–H and O–H groups in total. The maximum Gasteiger partial charge on any atom is 0.253 e. The summed E-state index contributed by atoms with van der Waals surface area (Å²) in [5.41, 5.74) is 1.03. The fraction of sp³-hybridized carbons (Fsp3) is 0.412. The van der Waals surface area contributed by atoms with E-state index in [2.05, 4.69) is 29.5 Å². The summed E-state index contributed by atoms with van der Waals surface area (Å²) < 4.78 is 0. The molecule has 2 amide bonds. The third kappa shape index (κ3) is 4.18. The number of piperidine rings is 1. The van der Waals surface area contributed by atoms with E-state index in [1.54, 1.807) is 24.3 Å². The van der Waals surface area contributed by atoms with Crippen LogP contribution < -0.4 is 16.0 Å². The van der Waals surface area contributed by atoms with Gasteiger partial charge in [-0.25, -0.2) is 0 Å². The molecule has 0 saturated carbocycles. The van der Waals surface area contributed by atoms with E-state index < -0.39 is 0 Å². The van der Waals surface area contributed by atoms with Gasteiger partial charge in [0.05, 0.1) is 11.3 Å². The zero-order valence-corrected chi connectivity index (χ0v) is 12.9. The molecule has 1 fully saturated rings. The van der Waals surface area contributed by atoms with Gasteiger partial charge in [-0.3, -0.25) is 9.59 Å². The molecule has 118 valence electrons. The Morgan fingerprint density at radius 1 is 1.41 bits per heavy atom. The van der Waals surface area contributed by atoms with E-state index in [0.29, 0.717) is 23.8 Å². The zero-order valence-electron chi connectivity index (χ0n) is 12.9. The molecule has 0 spiro atoms. The zero-order chi connectivity index (χ0) is 15.9. The molecular weight excluding hydrogens is 278 g/mol. The van der Waals surface area contributed by atoms with Crippen LogP contribution in [0.4, 0.5) is 5.69 Å². The molecule has 2 rings (SSSR count). The van der Waals surface area contributed by atoms with E-state index in [0.717, 1.165) is 19.4 Å². The van der Waals surface area contributed by atoms with Crippen molar-refractivity contribution in [3.8, 4) is 0 Å². The molecule has 1 aliphatic heterocycles. The van der Waals surface area contributed by atoms with Gasteiger partial charge in [0.15, 0.2) is 0 Å². The van der Waals surface area contributed by atoms with Crippen molar-refractivity contribution < 1.29 is 9.59 Å². The molecule has 1 heterocycles. The third-order valence-electron chi connectivity index (χ3n) is 3.83. The second kappa shape index (κ2) is 7.75. The normalized spacial score (nSPS) is 21.0. The van der Waals surface area contributed by atoms with E-state index in [4.69, 9.17) is 0 Å². The van der Waals surface area contributed by atoms with Crippen molar-refractivity contribution in [2.45, 2.75) is 25.8 Å². The maximum absolute atomic E-state index is 12.4. The summed E-state index contributed by atoms with van der Waals surface area (Å²) in [5.74, 6) is -0.243. The van der Waals surface area contributed by atoms with Crippen LogP contribution in [0.5, 0.6) is 0 Å². The smallest absolute Gasteiger partial charge is 0.253 e. The van der Waals surface area contributed by atoms with Crippen molar-refractivity contribution in [2.24, 2.45) is 5.92 Å². The lowest BCUT2D eigenvalue weighted by atomic mass is 9.92. The van der Waals surface area contributed by atoms with Gasteiger partial charge >= 0.3 is 0 Å². The van der Waals surface area contributed by atoms with Crippen molar-refractivity contribution in [3.05, 3.63) is 42.5 Å². The molecule has 22 heavy (non-hydrogen) atoms. The van der Waals surface area contributed by atoms with E-state index in [-0.39, 0.29) is 17.7 Å². The van der Waals surface area contributed by atoms with Crippen molar-refractivity contribution in [1.82, 2.24) is 10.6 Å². The molecular formula is C17H23N3O2. The molecule has 0 bridgehead atoms. The van der Waals surface area contributed by atoms with E-state index in [1.807, 2.05) is 6.07 Å². The van der Waals surface area contributed by atoms with Gasteiger partial charge in [-0.2, -0.15) is 0 Å². The van der Waals surface area contributed by atoms with Crippen molar-refractivity contribution in [1.29, 1.82) is 0 Å². The second-order valence-electron chi connectivity index (χ2n) is 5.61. The number of hydrogen-bond donors (Lipinski definition) is 3. The van der Waals surface area contributed by atoms with Gasteiger partial charge in [0, 0.05) is 18.5 Å². The van der Waals surface area contributed by atoms with Crippen LogP contribution in [0.25, 0.3) is 0 Å². The minimum atomic E-state index is -0.213. The highest BCUT2D eigenvalue weighted by atomic mass is 16.2. The fourth-order valence-electron chi connectivity index (χ4n) is 2.66. The Kier molecular flexibility index (Phi) is 5.72. The Labute approximate surface area is 131 Å². The number of anilines is 1. The Morgan fingerprint density at radius 3 is 2.91 bits per heavy atom. The number of carbonyl (C=O) groups excluding carboxylic acids is 2. The first kappa shape index (κ1) is 16.2. The molecule has 1 aromatic carbocycles. The van der Waals surface area contributed by atoms with E-state index >= 15 is 0 Å². The summed E-state index contributed by atoms with van der Waals surface area (Å²) in [6, 6.07) is 7.40. The van der Waals surface area contributed by atoms with Gasteiger partial charge < -0.3 is 16.0 Å². The average molecular weight is 301 g/mol. The molecule has 0 unspecified atom stereocenters. The Morgan fingerprint density at radius 2 is 2.18 bits per heavy atom. The topological polar surface area (TPSA) is 70.2 Å². The summed E-state index contributed by atoms with van der Waals surface area (Å²) in [4.78, 5) is 24.5. The molecule has 1 aliphatic rings. The number of amides is 2. The molecule has 1 saturated heterocycles. The monoisotopic (exact) mass is 301 g/mol. The third-order valence-corrected chi connectivity index (χ3v) is 3.83. The number of carbonyl (C=O) groups is 2. The number of hydrogen-bond acceptors (Lipinski definition) is 3. The standard InChI is InChI=1S/C17H23N3O2/c1-3-9-19-17(22)14-6-4-5-7-15(14)20-16(21)13-8-10-18-12(2)11-13/h3-7,12-13,18H,1,8-11H2,2H3,(H,19,22)(H,20,21)/t12-,13-/m0/s1. The molecule has 0 aromatic heterocycles. The predicted molar refractivity (Wildman–Crippen MR) is 87.8 cm³/mol. The lowest BCUT2D eigenvalue weighted by molar-refractivity contribution is -0.120. The van der Waals surface area contributed by atoms with Gasteiger partial charge in [-0.1, -0.05) is 18.2 Å². The van der Waals surface area contributed by atoms with Gasteiger partial charge in [0.25, 0.3) is 5.91 Å². The number of rotatable bonds is 5. The summed E-state index contributed by atoms with van der Waals surface area (Å²) >= 11 is 0. The summed E-state index contributed by atoms with van der Waals surface area (Å²) in [6.45, 7) is 6.90. The highest BCUT2D eigenvalue weighted by Crippen LogP contribution is 2.21. The van der Waals surface area contributed by atoms with Crippen LogP contribution in [0, 0.1) is 5.92 Å². The fourth-order valence-corrected chi connectivity index (χ4v) is 2.66. The molecule has 0 radical (unpaired) electrons. The van der Waals surface area contributed by atoms with E-state index in [1.165, 1.54) is 0 Å². The van der Waals surface area contributed by atoms with Crippen LogP contribution in [0.2, 0.25) is 0 Å². The van der Waals surface area contributed by atoms with Gasteiger partial charge in [0.1, 0.15) is 0 Å². The summed E-state index contributed by atoms with van der Waals surface area (Å²) in [7, 11) is 0. The molecule has 5 heteroatoms. The first-order chi connectivity index (χ1) is 10.6. The Hall–Kier alpha value is -2.14. The molecule has 2 atom stereocenters. The highest BCUT2D eigenvalue weighted by Gasteiger charge is 2.25. The van der Waals surface area contributed by atoms with Crippen molar-refractivity contribution in [2.75, 3.05) is 18.4 Å². The Bertz CT molecular complexity index is 557. The van der Waals surface area contributed by atoms with Crippen LogP contribution in [0.3, 0.4) is 0 Å². The molecule has 5 nitrogen and oxygen atoms in total. The predicted octanol–water partition coefficient (Wildman–Crippen LogP) is 1.93. The summed E-state index contributed by atoms with van der Waals surface area (Å²) in [6.07, 6.45) is 3.26. The first-order valence-electron chi connectivity index (χ1n) is 7.64. The van der Waals surface area contributed by atoms with Crippen molar-refractivity contribution >= 4 is 17.5 Å². The van der Waals surface area contributed by atoms with Crippen LogP contribution in [-0.4, -0.2) is 30.9 Å².